The summed E-state index contributed by atoms with van der Waals surface area (Å²) in [6.07, 6.45) is -3.49. The Labute approximate surface area is 87.3 Å². The first-order valence-corrected chi connectivity index (χ1v) is 2.29. The first-order valence-electron chi connectivity index (χ1n) is 2.29. The fourth-order valence-electron chi connectivity index (χ4n) is 0.264. The van der Waals surface area contributed by atoms with Gasteiger partial charge in [-0.2, -0.15) is 0 Å². The van der Waals surface area contributed by atoms with Crippen LogP contribution in [-0.4, -0.2) is 82.9 Å². The third-order valence-corrected chi connectivity index (χ3v) is 0.805. The number of hydrogen-bond donors (Lipinski definition) is 4. The SMILES string of the molecule is O=C(O)[C@@H](O)[C@H](O)CO.[CaH2]. The fraction of sp³-hybridized carbons (Fsp3) is 0.750. The van der Waals surface area contributed by atoms with E-state index in [1.54, 1.807) is 0 Å². The predicted octanol–water partition coefficient (Wildman–Crippen LogP) is -3.13. The molecule has 58 valence electrons. The number of aliphatic hydroxyl groups excluding tert-OH is 3. The molecule has 10 heavy (non-hydrogen) atoms. The zero-order valence-electron chi connectivity index (χ0n) is 4.56. The van der Waals surface area contributed by atoms with Gasteiger partial charge in [0.2, 0.25) is 0 Å². The van der Waals surface area contributed by atoms with Crippen LogP contribution in [0.15, 0.2) is 0 Å². The van der Waals surface area contributed by atoms with Crippen LogP contribution in [0.2, 0.25) is 0 Å². The van der Waals surface area contributed by atoms with Crippen LogP contribution in [0.5, 0.6) is 0 Å². The molecule has 4 N–H and O–H groups in total. The van der Waals surface area contributed by atoms with Crippen molar-refractivity contribution in [3.63, 3.8) is 0 Å². The van der Waals surface area contributed by atoms with Crippen LogP contribution < -0.4 is 0 Å². The van der Waals surface area contributed by atoms with Crippen LogP contribution in [-0.2, 0) is 4.79 Å². The van der Waals surface area contributed by atoms with Gasteiger partial charge in [-0.15, -0.1) is 0 Å². The Hall–Kier alpha value is 0.610. The van der Waals surface area contributed by atoms with Gasteiger partial charge in [-0.3, -0.25) is 0 Å². The van der Waals surface area contributed by atoms with Crippen molar-refractivity contribution in [3.05, 3.63) is 0 Å². The van der Waals surface area contributed by atoms with Crippen LogP contribution in [0.4, 0.5) is 0 Å². The van der Waals surface area contributed by atoms with Crippen molar-refractivity contribution in [1.29, 1.82) is 0 Å². The molecular formula is C4H10CaO5. The van der Waals surface area contributed by atoms with Gasteiger partial charge >= 0.3 is 43.7 Å². The average molecular weight is 178 g/mol. The van der Waals surface area contributed by atoms with Gasteiger partial charge in [-0.05, 0) is 0 Å². The number of rotatable bonds is 3. The molecule has 0 saturated heterocycles. The molecule has 2 atom stereocenters. The van der Waals surface area contributed by atoms with Crippen molar-refractivity contribution in [2.75, 3.05) is 6.61 Å². The summed E-state index contributed by atoms with van der Waals surface area (Å²) in [5, 5.41) is 32.8. The molecule has 0 amide bonds. The summed E-state index contributed by atoms with van der Waals surface area (Å²) in [7, 11) is 0. The molecule has 0 radical (unpaired) electrons. The first kappa shape index (κ1) is 13.2. The van der Waals surface area contributed by atoms with Crippen LogP contribution in [0.3, 0.4) is 0 Å². The minimum atomic E-state index is -1.89. The molecule has 0 saturated carbocycles. The second-order valence-electron chi connectivity index (χ2n) is 1.53. The Morgan fingerprint density at radius 2 is 1.80 bits per heavy atom. The zero-order valence-corrected chi connectivity index (χ0v) is 4.56. The van der Waals surface area contributed by atoms with E-state index in [2.05, 4.69) is 0 Å². The van der Waals surface area contributed by atoms with E-state index < -0.39 is 24.8 Å². The van der Waals surface area contributed by atoms with Crippen molar-refractivity contribution in [2.24, 2.45) is 0 Å². The van der Waals surface area contributed by atoms with Gasteiger partial charge in [0.1, 0.15) is 6.10 Å². The number of carbonyl (C=O) groups is 1. The Balaban J connectivity index is 0. The van der Waals surface area contributed by atoms with E-state index in [0.717, 1.165) is 0 Å². The summed E-state index contributed by atoms with van der Waals surface area (Å²) in [6, 6.07) is 0. The number of carboxylic acid groups (broad SMARTS) is 1. The fourth-order valence-corrected chi connectivity index (χ4v) is 0.264. The van der Waals surface area contributed by atoms with E-state index in [0.29, 0.717) is 0 Å². The summed E-state index contributed by atoms with van der Waals surface area (Å²) in [5.74, 6) is -1.54. The van der Waals surface area contributed by atoms with Gasteiger partial charge in [-0.1, -0.05) is 0 Å². The zero-order chi connectivity index (χ0) is 7.44. The van der Waals surface area contributed by atoms with E-state index in [-0.39, 0.29) is 37.7 Å². The summed E-state index contributed by atoms with van der Waals surface area (Å²) >= 11 is 0. The second kappa shape index (κ2) is 6.33. The summed E-state index contributed by atoms with van der Waals surface area (Å²) < 4.78 is 0. The molecule has 0 spiro atoms. The number of aliphatic carboxylic acids is 1. The molecule has 0 rings (SSSR count). The Morgan fingerprint density at radius 1 is 1.40 bits per heavy atom. The molecule has 0 unspecified atom stereocenters. The normalized spacial score (nSPS) is 15.1. The second-order valence-corrected chi connectivity index (χ2v) is 1.53. The number of carboxylic acids is 1. The molecule has 0 aliphatic rings. The van der Waals surface area contributed by atoms with Gasteiger partial charge in [0.15, 0.2) is 6.10 Å². The molecule has 5 nitrogen and oxygen atoms in total. The van der Waals surface area contributed by atoms with E-state index >= 15 is 0 Å². The van der Waals surface area contributed by atoms with Crippen LogP contribution in [0, 0.1) is 0 Å². The summed E-state index contributed by atoms with van der Waals surface area (Å²) in [5.41, 5.74) is 0. The third-order valence-electron chi connectivity index (χ3n) is 0.805. The molecule has 0 aliphatic heterocycles. The van der Waals surface area contributed by atoms with Crippen LogP contribution in [0.1, 0.15) is 0 Å². The maximum atomic E-state index is 9.78. The molecule has 6 heteroatoms. The maximum absolute atomic E-state index is 9.78. The van der Waals surface area contributed by atoms with Crippen molar-refractivity contribution in [1.82, 2.24) is 0 Å². The van der Waals surface area contributed by atoms with Crippen molar-refractivity contribution < 1.29 is 25.2 Å². The Morgan fingerprint density at radius 3 is 1.90 bits per heavy atom. The van der Waals surface area contributed by atoms with Crippen LogP contribution in [0.25, 0.3) is 0 Å². The van der Waals surface area contributed by atoms with E-state index in [1.807, 2.05) is 0 Å². The van der Waals surface area contributed by atoms with Crippen molar-refractivity contribution >= 4 is 43.7 Å². The molecule has 0 aliphatic carbocycles. The molecule has 0 bridgehead atoms. The van der Waals surface area contributed by atoms with Gasteiger partial charge in [-0.25, -0.2) is 4.79 Å². The standard InChI is InChI=1S/C4H8O5.Ca.2H/c5-1-2(6)3(7)4(8)9;;;/h2-3,5-7H,1H2,(H,8,9);;;/t2-,3+;;;/m1.../s1. The molecule has 0 aromatic carbocycles. The summed E-state index contributed by atoms with van der Waals surface area (Å²) in [6.45, 7) is -0.756. The Kier molecular flexibility index (Phi) is 8.36. The van der Waals surface area contributed by atoms with E-state index in [4.69, 9.17) is 20.4 Å². The first-order chi connectivity index (χ1) is 4.09. The van der Waals surface area contributed by atoms with Crippen molar-refractivity contribution in [2.45, 2.75) is 12.2 Å². The molecular weight excluding hydrogens is 168 g/mol. The molecule has 0 aromatic heterocycles. The quantitative estimate of drug-likeness (QED) is 0.342. The molecule has 0 aromatic rings. The van der Waals surface area contributed by atoms with Gasteiger partial charge in [0, 0.05) is 0 Å². The topological polar surface area (TPSA) is 98.0 Å². The van der Waals surface area contributed by atoms with Gasteiger partial charge in [0.25, 0.3) is 0 Å². The predicted molar refractivity (Wildman–Crippen MR) is 35.3 cm³/mol. The van der Waals surface area contributed by atoms with E-state index in [1.165, 1.54) is 0 Å². The number of hydrogen-bond acceptors (Lipinski definition) is 4. The van der Waals surface area contributed by atoms with Gasteiger partial charge < -0.3 is 20.4 Å². The minimum absolute atomic E-state index is 0. The average Bonchev–Trinajstić information content (AvgIpc) is 1.84. The summed E-state index contributed by atoms with van der Waals surface area (Å²) in [4.78, 5) is 9.78. The van der Waals surface area contributed by atoms with Crippen molar-refractivity contribution in [3.8, 4) is 0 Å². The van der Waals surface area contributed by atoms with Crippen LogP contribution >= 0.6 is 0 Å². The molecule has 0 heterocycles. The van der Waals surface area contributed by atoms with E-state index in [9.17, 15) is 4.79 Å². The number of aliphatic hydroxyl groups is 3. The third kappa shape index (κ3) is 4.43. The monoisotopic (exact) mass is 178 g/mol. The Bertz CT molecular complexity index is 106. The van der Waals surface area contributed by atoms with Gasteiger partial charge in [0.05, 0.1) is 6.61 Å². The molecule has 0 fully saturated rings.